The summed E-state index contributed by atoms with van der Waals surface area (Å²) in [5, 5.41) is 15.1. The Morgan fingerprint density at radius 2 is 2.33 bits per heavy atom. The van der Waals surface area contributed by atoms with E-state index in [2.05, 4.69) is 5.32 Å². The number of unbranched alkanes of at least 4 members (excludes halogenated alkanes) is 1. The molecule has 0 aromatic carbocycles. The summed E-state index contributed by atoms with van der Waals surface area (Å²) in [7, 11) is 0. The van der Waals surface area contributed by atoms with Crippen LogP contribution in [-0.4, -0.2) is 23.8 Å². The van der Waals surface area contributed by atoms with Crippen molar-refractivity contribution in [3.63, 3.8) is 0 Å². The van der Waals surface area contributed by atoms with Crippen molar-refractivity contribution < 1.29 is 19.4 Å². The van der Waals surface area contributed by atoms with Crippen LogP contribution in [0, 0.1) is 0 Å². The molecule has 1 aromatic heterocycles. The Morgan fingerprint density at radius 3 is 2.89 bits per heavy atom. The molecule has 0 aliphatic carbocycles. The van der Waals surface area contributed by atoms with Gasteiger partial charge in [0.05, 0.1) is 19.1 Å². The Morgan fingerprint density at radius 1 is 1.56 bits per heavy atom. The van der Waals surface area contributed by atoms with Gasteiger partial charge >= 0.3 is 12.1 Å². The van der Waals surface area contributed by atoms with Gasteiger partial charge in [-0.3, -0.25) is 4.79 Å². The van der Waals surface area contributed by atoms with E-state index in [1.54, 1.807) is 6.07 Å². The molecule has 1 heterocycles. The molecule has 6 heteroatoms. The summed E-state index contributed by atoms with van der Waals surface area (Å²) < 4.78 is 4.95. The van der Waals surface area contributed by atoms with Crippen LogP contribution in [0.2, 0.25) is 0 Å². The van der Waals surface area contributed by atoms with Crippen molar-refractivity contribution in [1.82, 2.24) is 5.32 Å². The predicted octanol–water partition coefficient (Wildman–Crippen LogP) is 2.79. The molecule has 1 aromatic rings. The number of carboxylic acid groups (broad SMARTS) is 1. The number of aliphatic carboxylic acids is 1. The second-order valence-electron chi connectivity index (χ2n) is 3.84. The zero-order valence-electron chi connectivity index (χ0n) is 10.2. The van der Waals surface area contributed by atoms with Gasteiger partial charge in [-0.25, -0.2) is 4.79 Å². The average Bonchev–Trinajstić information content (AvgIpc) is 2.81. The zero-order valence-corrected chi connectivity index (χ0v) is 11.0. The predicted molar refractivity (Wildman–Crippen MR) is 68.7 cm³/mol. The Kier molecular flexibility index (Phi) is 6.21. The van der Waals surface area contributed by atoms with Gasteiger partial charge < -0.3 is 15.2 Å². The normalized spacial score (nSPS) is 11.8. The molecule has 0 radical (unpaired) electrons. The summed E-state index contributed by atoms with van der Waals surface area (Å²) in [6.45, 7) is 2.35. The lowest BCUT2D eigenvalue weighted by atomic mass is 10.1. The van der Waals surface area contributed by atoms with E-state index in [0.29, 0.717) is 6.61 Å². The zero-order chi connectivity index (χ0) is 13.4. The van der Waals surface area contributed by atoms with Gasteiger partial charge in [-0.15, -0.1) is 0 Å². The molecule has 0 aliphatic heterocycles. The molecule has 1 rings (SSSR count). The van der Waals surface area contributed by atoms with Gasteiger partial charge in [-0.1, -0.05) is 13.3 Å². The first-order valence-electron chi connectivity index (χ1n) is 5.80. The monoisotopic (exact) mass is 271 g/mol. The maximum Gasteiger partial charge on any atom is 0.407 e. The highest BCUT2D eigenvalue weighted by molar-refractivity contribution is 7.07. The molecule has 1 amide bonds. The van der Waals surface area contributed by atoms with Crippen LogP contribution < -0.4 is 5.32 Å². The van der Waals surface area contributed by atoms with Crippen LogP contribution in [0.1, 0.15) is 37.8 Å². The second kappa shape index (κ2) is 7.71. The van der Waals surface area contributed by atoms with Crippen molar-refractivity contribution in [1.29, 1.82) is 0 Å². The van der Waals surface area contributed by atoms with Gasteiger partial charge in [0.1, 0.15) is 0 Å². The van der Waals surface area contributed by atoms with Gasteiger partial charge in [-0.2, -0.15) is 11.3 Å². The fraction of sp³-hybridized carbons (Fsp3) is 0.500. The molecule has 2 N–H and O–H groups in total. The van der Waals surface area contributed by atoms with Crippen LogP contribution in [0.5, 0.6) is 0 Å². The van der Waals surface area contributed by atoms with Gasteiger partial charge in [0, 0.05) is 0 Å². The highest BCUT2D eigenvalue weighted by Gasteiger charge is 2.18. The van der Waals surface area contributed by atoms with Crippen LogP contribution in [0.3, 0.4) is 0 Å². The summed E-state index contributed by atoms with van der Waals surface area (Å²) in [6.07, 6.45) is 1.02. The number of alkyl carbamates (subject to hydrolysis) is 1. The largest absolute Gasteiger partial charge is 0.481 e. The minimum absolute atomic E-state index is 0.153. The van der Waals surface area contributed by atoms with Crippen molar-refractivity contribution >= 4 is 23.4 Å². The molecule has 0 bridgehead atoms. The first-order chi connectivity index (χ1) is 8.63. The molecular formula is C12H17NO4S. The van der Waals surface area contributed by atoms with E-state index < -0.39 is 18.1 Å². The summed E-state index contributed by atoms with van der Waals surface area (Å²) in [4.78, 5) is 22.2. The molecule has 0 aliphatic rings. The van der Waals surface area contributed by atoms with E-state index in [4.69, 9.17) is 9.84 Å². The third kappa shape index (κ3) is 5.18. The number of carbonyl (C=O) groups excluding carboxylic acids is 1. The number of carbonyl (C=O) groups is 2. The van der Waals surface area contributed by atoms with E-state index in [-0.39, 0.29) is 6.42 Å². The van der Waals surface area contributed by atoms with Gasteiger partial charge in [0.15, 0.2) is 0 Å². The van der Waals surface area contributed by atoms with E-state index in [1.807, 2.05) is 17.7 Å². The highest BCUT2D eigenvalue weighted by atomic mass is 32.1. The van der Waals surface area contributed by atoms with E-state index in [0.717, 1.165) is 18.4 Å². The van der Waals surface area contributed by atoms with Gasteiger partial charge in [0.2, 0.25) is 0 Å². The maximum atomic E-state index is 11.5. The summed E-state index contributed by atoms with van der Waals surface area (Å²) >= 11 is 1.46. The third-order valence-electron chi connectivity index (χ3n) is 2.35. The average molecular weight is 271 g/mol. The smallest absolute Gasteiger partial charge is 0.407 e. The number of carboxylic acids is 1. The minimum Gasteiger partial charge on any atom is -0.481 e. The summed E-state index contributed by atoms with van der Waals surface area (Å²) in [5.74, 6) is -0.958. The number of nitrogens with one attached hydrogen (secondary N) is 1. The van der Waals surface area contributed by atoms with Crippen molar-refractivity contribution in [2.24, 2.45) is 0 Å². The molecule has 18 heavy (non-hydrogen) atoms. The lowest BCUT2D eigenvalue weighted by molar-refractivity contribution is -0.137. The Balaban J connectivity index is 2.51. The van der Waals surface area contributed by atoms with Gasteiger partial charge in [-0.05, 0) is 28.8 Å². The molecule has 0 saturated carbocycles. The standard InChI is InChI=1S/C12H17NO4S/c1-2-3-5-17-12(16)13-10(7-11(14)15)9-4-6-18-8-9/h4,6,8,10H,2-3,5,7H2,1H3,(H,13,16)(H,14,15). The lowest BCUT2D eigenvalue weighted by Gasteiger charge is -2.15. The summed E-state index contributed by atoms with van der Waals surface area (Å²) in [6, 6.07) is 1.26. The van der Waals surface area contributed by atoms with Crippen LogP contribution in [0.15, 0.2) is 16.8 Å². The number of hydrogen-bond donors (Lipinski definition) is 2. The molecule has 1 atom stereocenters. The van der Waals surface area contributed by atoms with E-state index in [9.17, 15) is 9.59 Å². The number of ether oxygens (including phenoxy) is 1. The SMILES string of the molecule is CCCCOC(=O)NC(CC(=O)O)c1ccsc1. The quantitative estimate of drug-likeness (QED) is 0.748. The van der Waals surface area contributed by atoms with Crippen molar-refractivity contribution in [3.8, 4) is 0 Å². The Bertz CT molecular complexity index is 377. The fourth-order valence-electron chi connectivity index (χ4n) is 1.39. The van der Waals surface area contributed by atoms with Crippen LogP contribution in [-0.2, 0) is 9.53 Å². The molecule has 0 spiro atoms. The maximum absolute atomic E-state index is 11.5. The lowest BCUT2D eigenvalue weighted by Crippen LogP contribution is -2.30. The van der Waals surface area contributed by atoms with Crippen molar-refractivity contribution in [3.05, 3.63) is 22.4 Å². The van der Waals surface area contributed by atoms with Crippen LogP contribution in [0.4, 0.5) is 4.79 Å². The number of amides is 1. The Labute approximate surface area is 110 Å². The van der Waals surface area contributed by atoms with Gasteiger partial charge in [0.25, 0.3) is 0 Å². The first kappa shape index (κ1) is 14.5. The molecular weight excluding hydrogens is 254 g/mol. The molecule has 1 unspecified atom stereocenters. The summed E-state index contributed by atoms with van der Waals surface area (Å²) in [5.41, 5.74) is 0.787. The number of rotatable bonds is 7. The third-order valence-corrected chi connectivity index (χ3v) is 3.05. The first-order valence-corrected chi connectivity index (χ1v) is 6.75. The second-order valence-corrected chi connectivity index (χ2v) is 4.62. The highest BCUT2D eigenvalue weighted by Crippen LogP contribution is 2.19. The fourth-order valence-corrected chi connectivity index (χ4v) is 2.11. The van der Waals surface area contributed by atoms with Crippen LogP contribution in [0.25, 0.3) is 0 Å². The van der Waals surface area contributed by atoms with Crippen LogP contribution >= 0.6 is 11.3 Å². The van der Waals surface area contributed by atoms with E-state index >= 15 is 0 Å². The van der Waals surface area contributed by atoms with Crippen molar-refractivity contribution in [2.45, 2.75) is 32.2 Å². The number of thiophene rings is 1. The molecule has 100 valence electrons. The molecule has 0 saturated heterocycles. The van der Waals surface area contributed by atoms with Crippen molar-refractivity contribution in [2.75, 3.05) is 6.61 Å². The number of hydrogen-bond acceptors (Lipinski definition) is 4. The topological polar surface area (TPSA) is 75.6 Å². The minimum atomic E-state index is -0.958. The molecule has 5 nitrogen and oxygen atoms in total. The van der Waals surface area contributed by atoms with E-state index in [1.165, 1.54) is 11.3 Å². The Hall–Kier alpha value is -1.56. The molecule has 0 fully saturated rings.